The summed E-state index contributed by atoms with van der Waals surface area (Å²) in [6, 6.07) is 21.1. The van der Waals surface area contributed by atoms with Crippen LogP contribution in [0.1, 0.15) is 26.3 Å². The lowest BCUT2D eigenvalue weighted by Crippen LogP contribution is -1.93. The van der Waals surface area contributed by atoms with Gasteiger partial charge in [-0.1, -0.05) is 36.4 Å². The van der Waals surface area contributed by atoms with E-state index < -0.39 is 11.9 Å². The molecule has 0 aromatic heterocycles. The van der Waals surface area contributed by atoms with E-state index in [0.29, 0.717) is 11.1 Å². The monoisotopic (exact) mass is 368 g/mol. The molecule has 0 heterocycles. The van der Waals surface area contributed by atoms with Crippen LogP contribution in [0.4, 0.5) is 0 Å². The molecule has 27 heavy (non-hydrogen) atoms. The largest absolute Gasteiger partial charge is 0.508 e. The Morgan fingerprint density at radius 2 is 0.963 bits per heavy atom. The van der Waals surface area contributed by atoms with E-state index >= 15 is 0 Å². The van der Waals surface area contributed by atoms with Crippen molar-refractivity contribution in [3.8, 4) is 11.5 Å². The van der Waals surface area contributed by atoms with Crippen molar-refractivity contribution in [3.05, 3.63) is 95.6 Å². The number of benzene rings is 3. The number of hydrogen-bond acceptors (Lipinski definition) is 4. The van der Waals surface area contributed by atoms with Crippen molar-refractivity contribution in [2.45, 2.75) is 6.92 Å². The van der Waals surface area contributed by atoms with E-state index in [2.05, 4.69) is 0 Å². The summed E-state index contributed by atoms with van der Waals surface area (Å²) in [7, 11) is 0. The van der Waals surface area contributed by atoms with Crippen LogP contribution < -0.4 is 0 Å². The zero-order valence-electron chi connectivity index (χ0n) is 14.6. The van der Waals surface area contributed by atoms with Crippen LogP contribution in [-0.4, -0.2) is 32.4 Å². The van der Waals surface area contributed by atoms with Crippen molar-refractivity contribution >= 4 is 11.9 Å². The Kier molecular flexibility index (Phi) is 8.61. The van der Waals surface area contributed by atoms with Crippen molar-refractivity contribution < 1.29 is 30.0 Å². The fourth-order valence-electron chi connectivity index (χ4n) is 1.90. The van der Waals surface area contributed by atoms with E-state index in [0.717, 1.165) is 5.56 Å². The van der Waals surface area contributed by atoms with Crippen molar-refractivity contribution in [1.82, 2.24) is 0 Å². The third-order valence-corrected chi connectivity index (χ3v) is 3.09. The summed E-state index contributed by atoms with van der Waals surface area (Å²) in [5.74, 6) is -1.55. The van der Waals surface area contributed by atoms with Gasteiger partial charge in [-0.15, -0.1) is 0 Å². The van der Waals surface area contributed by atoms with E-state index in [4.69, 9.17) is 20.4 Å². The lowest BCUT2D eigenvalue weighted by Gasteiger charge is -1.94. The van der Waals surface area contributed by atoms with Gasteiger partial charge in [-0.3, -0.25) is 0 Å². The van der Waals surface area contributed by atoms with Gasteiger partial charge >= 0.3 is 11.9 Å². The fraction of sp³-hybridized carbons (Fsp3) is 0.0476. The van der Waals surface area contributed by atoms with E-state index in [1.807, 2.05) is 0 Å². The zero-order chi connectivity index (χ0) is 20.2. The molecule has 0 aliphatic heterocycles. The van der Waals surface area contributed by atoms with Crippen LogP contribution in [0.5, 0.6) is 11.5 Å². The Bertz CT molecular complexity index is 760. The first kappa shape index (κ1) is 21.2. The number of phenols is 2. The summed E-state index contributed by atoms with van der Waals surface area (Å²) in [6.45, 7) is 1.80. The van der Waals surface area contributed by atoms with Crippen molar-refractivity contribution in [3.63, 3.8) is 0 Å². The predicted octanol–water partition coefficient (Wildman–Crippen LogP) is 4.18. The molecule has 0 unspecified atom stereocenters. The van der Waals surface area contributed by atoms with Gasteiger partial charge in [0.1, 0.15) is 11.5 Å². The van der Waals surface area contributed by atoms with Gasteiger partial charge in [-0.2, -0.15) is 0 Å². The van der Waals surface area contributed by atoms with Crippen molar-refractivity contribution in [1.29, 1.82) is 0 Å². The Balaban J connectivity index is 0.000000202. The topological polar surface area (TPSA) is 115 Å². The second kappa shape index (κ2) is 10.9. The Labute approximate surface area is 156 Å². The molecule has 140 valence electrons. The molecule has 6 nitrogen and oxygen atoms in total. The Morgan fingerprint density at radius 1 is 0.630 bits per heavy atom. The first-order valence-electron chi connectivity index (χ1n) is 7.86. The number of phenolic OH excluding ortho intramolecular Hbond substituents is 2. The van der Waals surface area contributed by atoms with E-state index in [1.54, 1.807) is 79.7 Å². The van der Waals surface area contributed by atoms with Crippen LogP contribution in [0.25, 0.3) is 0 Å². The van der Waals surface area contributed by atoms with Gasteiger partial charge in [0.25, 0.3) is 0 Å². The molecule has 0 atom stereocenters. The highest BCUT2D eigenvalue weighted by Gasteiger charge is 1.97. The maximum atomic E-state index is 10.2. The molecule has 3 rings (SSSR count). The molecule has 0 spiro atoms. The molecule has 6 heteroatoms. The normalized spacial score (nSPS) is 9.07. The molecule has 0 saturated carbocycles. The molecule has 4 N–H and O–H groups in total. The van der Waals surface area contributed by atoms with Gasteiger partial charge in [0, 0.05) is 6.07 Å². The standard InChI is InChI=1S/C7H8O2.2C7H6O2/c1-5-2-6(8)4-7(9)3-5;2*8-7(9)6-4-2-1-3-5-6/h2-4,8-9H,1H3;2*1-5H,(H,8,9). The third kappa shape index (κ3) is 8.74. The number of rotatable bonds is 2. The quantitative estimate of drug-likeness (QED) is 0.539. The van der Waals surface area contributed by atoms with Gasteiger partial charge in [0.15, 0.2) is 0 Å². The average molecular weight is 368 g/mol. The lowest BCUT2D eigenvalue weighted by molar-refractivity contribution is 0.0686. The third-order valence-electron chi connectivity index (χ3n) is 3.09. The average Bonchev–Trinajstić information content (AvgIpc) is 2.63. The molecule has 0 aliphatic carbocycles. The van der Waals surface area contributed by atoms with Crippen LogP contribution in [0.2, 0.25) is 0 Å². The van der Waals surface area contributed by atoms with Crippen LogP contribution in [0.3, 0.4) is 0 Å². The van der Waals surface area contributed by atoms with Gasteiger partial charge in [-0.05, 0) is 48.9 Å². The summed E-state index contributed by atoms with van der Waals surface area (Å²) in [5.41, 5.74) is 1.52. The molecule has 3 aromatic rings. The number of carbonyl (C=O) groups is 2. The van der Waals surface area contributed by atoms with Crippen LogP contribution in [0, 0.1) is 6.92 Å². The van der Waals surface area contributed by atoms with Gasteiger partial charge < -0.3 is 20.4 Å². The molecule has 0 bridgehead atoms. The summed E-state index contributed by atoms with van der Waals surface area (Å²) < 4.78 is 0. The summed E-state index contributed by atoms with van der Waals surface area (Å²) in [4.78, 5) is 20.4. The highest BCUT2D eigenvalue weighted by atomic mass is 16.4. The highest BCUT2D eigenvalue weighted by Crippen LogP contribution is 2.18. The summed E-state index contributed by atoms with van der Waals surface area (Å²) >= 11 is 0. The maximum absolute atomic E-state index is 10.2. The number of aromatic hydroxyl groups is 2. The molecule has 0 radical (unpaired) electrons. The molecular formula is C21H20O6. The van der Waals surface area contributed by atoms with E-state index in [9.17, 15) is 9.59 Å². The molecule has 0 amide bonds. The fourth-order valence-corrected chi connectivity index (χ4v) is 1.90. The van der Waals surface area contributed by atoms with Crippen LogP contribution in [0.15, 0.2) is 78.9 Å². The molecular weight excluding hydrogens is 348 g/mol. The van der Waals surface area contributed by atoms with Crippen molar-refractivity contribution in [2.75, 3.05) is 0 Å². The molecule has 0 saturated heterocycles. The minimum absolute atomic E-state index is 0.104. The number of carboxylic acids is 2. The number of aryl methyl sites for hydroxylation is 1. The second-order valence-corrected chi connectivity index (χ2v) is 5.37. The minimum Gasteiger partial charge on any atom is -0.508 e. The van der Waals surface area contributed by atoms with E-state index in [-0.39, 0.29) is 11.5 Å². The first-order chi connectivity index (χ1) is 12.8. The van der Waals surface area contributed by atoms with Gasteiger partial charge in [0.2, 0.25) is 0 Å². The maximum Gasteiger partial charge on any atom is 0.335 e. The Morgan fingerprint density at radius 3 is 1.19 bits per heavy atom. The summed E-state index contributed by atoms with van der Waals surface area (Å²) in [6.07, 6.45) is 0. The SMILES string of the molecule is Cc1cc(O)cc(O)c1.O=C(O)c1ccccc1.O=C(O)c1ccccc1. The van der Waals surface area contributed by atoms with E-state index in [1.165, 1.54) is 6.07 Å². The number of hydrogen-bond donors (Lipinski definition) is 4. The lowest BCUT2D eigenvalue weighted by atomic mass is 10.2. The van der Waals surface area contributed by atoms with Crippen molar-refractivity contribution in [2.24, 2.45) is 0 Å². The number of aromatic carboxylic acids is 2. The van der Waals surface area contributed by atoms with Crippen LogP contribution >= 0.6 is 0 Å². The molecule has 0 aliphatic rings. The highest BCUT2D eigenvalue weighted by molar-refractivity contribution is 5.87. The van der Waals surface area contributed by atoms with Gasteiger partial charge in [-0.25, -0.2) is 9.59 Å². The predicted molar refractivity (Wildman–Crippen MR) is 101 cm³/mol. The smallest absolute Gasteiger partial charge is 0.335 e. The Hall–Kier alpha value is -3.80. The van der Waals surface area contributed by atoms with Crippen LogP contribution in [-0.2, 0) is 0 Å². The summed E-state index contributed by atoms with van der Waals surface area (Å²) in [5, 5.41) is 34.4. The van der Waals surface area contributed by atoms with Gasteiger partial charge in [0.05, 0.1) is 11.1 Å². The number of carboxylic acid groups (broad SMARTS) is 2. The minimum atomic E-state index is -0.879. The first-order valence-corrected chi connectivity index (χ1v) is 7.86. The molecule has 0 fully saturated rings. The second-order valence-electron chi connectivity index (χ2n) is 5.37. The molecule has 3 aromatic carbocycles. The zero-order valence-corrected chi connectivity index (χ0v) is 14.6.